The Morgan fingerprint density at radius 2 is 2.14 bits per heavy atom. The molecule has 1 aliphatic carbocycles. The number of furan rings is 1. The van der Waals surface area contributed by atoms with Crippen molar-refractivity contribution in [1.29, 1.82) is 0 Å². The van der Waals surface area contributed by atoms with Crippen LogP contribution >= 0.6 is 0 Å². The third-order valence-electron chi connectivity index (χ3n) is 4.39. The molecule has 0 unspecified atom stereocenters. The lowest BCUT2D eigenvalue weighted by Gasteiger charge is -2.21. The smallest absolute Gasteiger partial charge is 0.257 e. The Kier molecular flexibility index (Phi) is 3.97. The number of rotatable bonds is 4. The molecule has 1 aliphatic heterocycles. The monoisotopic (exact) mass is 298 g/mol. The van der Waals surface area contributed by atoms with Crippen molar-refractivity contribution >= 4 is 5.91 Å². The molecule has 2 heterocycles. The van der Waals surface area contributed by atoms with Crippen molar-refractivity contribution in [3.05, 3.63) is 24.2 Å². The van der Waals surface area contributed by atoms with Gasteiger partial charge in [-0.15, -0.1) is 0 Å². The Bertz CT molecular complexity index is 490. The Morgan fingerprint density at radius 3 is 2.81 bits per heavy atom. The second-order valence-electron chi connectivity index (χ2n) is 5.95. The quantitative estimate of drug-likeness (QED) is 0.857. The van der Waals surface area contributed by atoms with Crippen LogP contribution in [0.15, 0.2) is 23.0 Å². The molecule has 0 aromatic carbocycles. The summed E-state index contributed by atoms with van der Waals surface area (Å²) < 4.78 is 30.7. The molecule has 2 fully saturated rings. The van der Waals surface area contributed by atoms with Gasteiger partial charge in [-0.1, -0.05) is 0 Å². The first kappa shape index (κ1) is 14.5. The first-order valence-corrected chi connectivity index (χ1v) is 7.48. The third-order valence-corrected chi connectivity index (χ3v) is 4.39. The van der Waals surface area contributed by atoms with Crippen molar-refractivity contribution in [2.75, 3.05) is 32.7 Å². The van der Waals surface area contributed by atoms with Gasteiger partial charge in [0.1, 0.15) is 6.26 Å². The number of amides is 1. The molecule has 0 spiro atoms. The van der Waals surface area contributed by atoms with Gasteiger partial charge in [0, 0.05) is 32.0 Å². The Labute approximate surface area is 122 Å². The molecule has 6 heteroatoms. The molecule has 1 saturated heterocycles. The van der Waals surface area contributed by atoms with Gasteiger partial charge < -0.3 is 14.2 Å². The fourth-order valence-electron chi connectivity index (χ4n) is 2.89. The summed E-state index contributed by atoms with van der Waals surface area (Å²) in [6.45, 7) is 3.68. The molecule has 1 amide bonds. The number of halogens is 2. The second kappa shape index (κ2) is 5.75. The van der Waals surface area contributed by atoms with Crippen molar-refractivity contribution in [3.8, 4) is 0 Å². The van der Waals surface area contributed by atoms with Gasteiger partial charge in [-0.2, -0.15) is 0 Å². The van der Waals surface area contributed by atoms with Crippen molar-refractivity contribution in [2.45, 2.75) is 25.2 Å². The molecule has 2 aliphatic rings. The zero-order valence-electron chi connectivity index (χ0n) is 11.9. The van der Waals surface area contributed by atoms with Crippen LogP contribution in [-0.4, -0.2) is 54.4 Å². The number of nitrogens with zero attached hydrogens (tertiary/aromatic N) is 2. The molecule has 1 aromatic heterocycles. The van der Waals surface area contributed by atoms with E-state index in [9.17, 15) is 13.6 Å². The summed E-state index contributed by atoms with van der Waals surface area (Å²) in [4.78, 5) is 16.2. The van der Waals surface area contributed by atoms with Crippen LogP contribution in [0.2, 0.25) is 0 Å². The number of hydrogen-bond acceptors (Lipinski definition) is 3. The molecule has 3 rings (SSSR count). The van der Waals surface area contributed by atoms with E-state index in [1.165, 1.54) is 12.5 Å². The molecule has 0 bridgehead atoms. The molecular formula is C15H20F2N2O2. The largest absolute Gasteiger partial charge is 0.472 e. The van der Waals surface area contributed by atoms with Crippen LogP contribution in [0, 0.1) is 5.92 Å². The van der Waals surface area contributed by atoms with Crippen LogP contribution < -0.4 is 0 Å². The fraction of sp³-hybridized carbons (Fsp3) is 0.667. The van der Waals surface area contributed by atoms with E-state index in [4.69, 9.17) is 4.42 Å². The van der Waals surface area contributed by atoms with Crippen molar-refractivity contribution in [2.24, 2.45) is 5.92 Å². The number of alkyl halides is 2. The van der Waals surface area contributed by atoms with E-state index in [0.29, 0.717) is 31.6 Å². The van der Waals surface area contributed by atoms with Gasteiger partial charge >= 0.3 is 0 Å². The summed E-state index contributed by atoms with van der Waals surface area (Å²) in [5, 5.41) is 0. The van der Waals surface area contributed by atoms with E-state index in [2.05, 4.69) is 4.90 Å². The summed E-state index contributed by atoms with van der Waals surface area (Å²) in [6.07, 6.45) is 4.44. The van der Waals surface area contributed by atoms with E-state index in [-0.39, 0.29) is 12.3 Å². The molecule has 1 saturated carbocycles. The molecule has 4 nitrogen and oxygen atoms in total. The fourth-order valence-corrected chi connectivity index (χ4v) is 2.89. The molecule has 1 aromatic rings. The molecule has 21 heavy (non-hydrogen) atoms. The van der Waals surface area contributed by atoms with Crippen LogP contribution in [0.4, 0.5) is 8.78 Å². The van der Waals surface area contributed by atoms with Crippen LogP contribution in [0.1, 0.15) is 29.6 Å². The lowest BCUT2D eigenvalue weighted by Crippen LogP contribution is -2.35. The SMILES string of the molecule is O=C(c1ccoc1)N1CCCN(CC[C@@H]2CC2(F)F)CC1. The van der Waals surface area contributed by atoms with Gasteiger partial charge in [0.25, 0.3) is 11.8 Å². The van der Waals surface area contributed by atoms with Crippen molar-refractivity contribution in [1.82, 2.24) is 9.80 Å². The number of carbonyl (C=O) groups excluding carboxylic acids is 1. The van der Waals surface area contributed by atoms with E-state index < -0.39 is 11.8 Å². The first-order chi connectivity index (χ1) is 10.1. The van der Waals surface area contributed by atoms with Gasteiger partial charge in [0.2, 0.25) is 0 Å². The molecule has 0 radical (unpaired) electrons. The highest BCUT2D eigenvalue weighted by Gasteiger charge is 2.56. The standard InChI is InChI=1S/C15H20F2N2O2/c16-15(17)10-13(15)2-6-18-4-1-5-19(8-7-18)14(20)12-3-9-21-11-12/h3,9,11,13H,1-2,4-8,10H2/t13-/m1/s1. The lowest BCUT2D eigenvalue weighted by atomic mass is 10.2. The minimum Gasteiger partial charge on any atom is -0.472 e. The van der Waals surface area contributed by atoms with Crippen LogP contribution in [0.25, 0.3) is 0 Å². The maximum atomic E-state index is 12.9. The highest BCUT2D eigenvalue weighted by molar-refractivity contribution is 5.93. The average Bonchev–Trinajstić information content (AvgIpc) is 2.84. The van der Waals surface area contributed by atoms with E-state index >= 15 is 0 Å². The van der Waals surface area contributed by atoms with Crippen LogP contribution in [0.5, 0.6) is 0 Å². The maximum absolute atomic E-state index is 12.9. The van der Waals surface area contributed by atoms with Crippen LogP contribution in [0.3, 0.4) is 0 Å². The molecule has 1 atom stereocenters. The highest BCUT2D eigenvalue weighted by atomic mass is 19.3. The summed E-state index contributed by atoms with van der Waals surface area (Å²) >= 11 is 0. The van der Waals surface area contributed by atoms with Crippen LogP contribution in [-0.2, 0) is 0 Å². The van der Waals surface area contributed by atoms with Crippen molar-refractivity contribution in [3.63, 3.8) is 0 Å². The van der Waals surface area contributed by atoms with Gasteiger partial charge in [0.05, 0.1) is 11.8 Å². The third kappa shape index (κ3) is 3.43. The topological polar surface area (TPSA) is 36.7 Å². The molecule has 0 N–H and O–H groups in total. The van der Waals surface area contributed by atoms with E-state index in [1.807, 2.05) is 4.90 Å². The summed E-state index contributed by atoms with van der Waals surface area (Å²) in [5.74, 6) is -2.86. The summed E-state index contributed by atoms with van der Waals surface area (Å²) in [7, 11) is 0. The Morgan fingerprint density at radius 1 is 1.33 bits per heavy atom. The number of carbonyl (C=O) groups is 1. The van der Waals surface area contributed by atoms with E-state index in [0.717, 1.165) is 19.5 Å². The Hall–Kier alpha value is -1.43. The zero-order valence-corrected chi connectivity index (χ0v) is 11.9. The molecular weight excluding hydrogens is 278 g/mol. The minimum atomic E-state index is -2.42. The zero-order chi connectivity index (χ0) is 14.9. The molecule has 116 valence electrons. The first-order valence-electron chi connectivity index (χ1n) is 7.48. The number of hydrogen-bond donors (Lipinski definition) is 0. The van der Waals surface area contributed by atoms with Crippen molar-refractivity contribution < 1.29 is 18.0 Å². The van der Waals surface area contributed by atoms with Gasteiger partial charge in [-0.25, -0.2) is 8.78 Å². The minimum absolute atomic E-state index is 0.0145. The second-order valence-corrected chi connectivity index (χ2v) is 5.95. The predicted octanol–water partition coefficient (Wildman–Crippen LogP) is 2.47. The Balaban J connectivity index is 1.47. The van der Waals surface area contributed by atoms with Gasteiger partial charge in [0.15, 0.2) is 0 Å². The van der Waals surface area contributed by atoms with Gasteiger partial charge in [-0.05, 0) is 32.0 Å². The normalized spacial score (nSPS) is 25.6. The average molecular weight is 298 g/mol. The maximum Gasteiger partial charge on any atom is 0.257 e. The van der Waals surface area contributed by atoms with E-state index in [1.54, 1.807) is 6.07 Å². The van der Waals surface area contributed by atoms with Gasteiger partial charge in [-0.3, -0.25) is 4.79 Å². The highest BCUT2D eigenvalue weighted by Crippen LogP contribution is 2.50. The summed E-state index contributed by atoms with van der Waals surface area (Å²) in [5.41, 5.74) is 0.570. The predicted molar refractivity (Wildman–Crippen MR) is 73.3 cm³/mol. The lowest BCUT2D eigenvalue weighted by molar-refractivity contribution is 0.0760. The summed E-state index contributed by atoms with van der Waals surface area (Å²) in [6, 6.07) is 1.67.